The average molecular weight is 811 g/mol. The van der Waals surface area contributed by atoms with E-state index in [0.717, 1.165) is 23.8 Å². The van der Waals surface area contributed by atoms with E-state index < -0.39 is 73.5 Å². The van der Waals surface area contributed by atoms with Crippen molar-refractivity contribution in [1.29, 1.82) is 0 Å². The van der Waals surface area contributed by atoms with Crippen LogP contribution in [0.2, 0.25) is 18.1 Å². The summed E-state index contributed by atoms with van der Waals surface area (Å²) in [6, 6.07) is 11.5. The monoisotopic (exact) mass is 810 g/mol. The predicted molar refractivity (Wildman–Crippen MR) is 216 cm³/mol. The van der Waals surface area contributed by atoms with Crippen molar-refractivity contribution in [3.63, 3.8) is 0 Å². The van der Waals surface area contributed by atoms with Crippen LogP contribution in [0.5, 0.6) is 0 Å². The number of hydrogen-bond acceptors (Lipinski definition) is 7. The summed E-state index contributed by atoms with van der Waals surface area (Å²) in [6.07, 6.45) is -0.0517. The first-order valence-electron chi connectivity index (χ1n) is 19.9. The van der Waals surface area contributed by atoms with Gasteiger partial charge < -0.3 is 33.4 Å². The number of nitrogens with zero attached hydrogens (tertiary/aromatic N) is 4. The van der Waals surface area contributed by atoms with Crippen molar-refractivity contribution in [3.8, 4) is 11.3 Å². The van der Waals surface area contributed by atoms with Gasteiger partial charge >= 0.3 is 12.1 Å². The van der Waals surface area contributed by atoms with Crippen LogP contribution in [0.1, 0.15) is 85.7 Å². The van der Waals surface area contributed by atoms with Crippen molar-refractivity contribution in [1.82, 2.24) is 19.4 Å². The Morgan fingerprint density at radius 1 is 1.04 bits per heavy atom. The first-order chi connectivity index (χ1) is 26.6. The third-order valence-electron chi connectivity index (χ3n) is 11.9. The number of rotatable bonds is 12. The molecule has 312 valence electrons. The van der Waals surface area contributed by atoms with E-state index in [1.165, 1.54) is 18.7 Å². The Hall–Kier alpha value is -4.14. The lowest BCUT2D eigenvalue weighted by molar-refractivity contribution is -0.161. The van der Waals surface area contributed by atoms with Crippen LogP contribution < -0.4 is 0 Å². The second kappa shape index (κ2) is 17.4. The molecule has 1 aromatic heterocycles. The zero-order valence-corrected chi connectivity index (χ0v) is 36.1. The molecule has 0 radical (unpaired) electrons. The van der Waals surface area contributed by atoms with Gasteiger partial charge in [-0.2, -0.15) is 0 Å². The van der Waals surface area contributed by atoms with Crippen molar-refractivity contribution < 1.29 is 42.2 Å². The van der Waals surface area contributed by atoms with Gasteiger partial charge in [-0.3, -0.25) is 9.59 Å². The maximum atomic E-state index is 15.5. The van der Waals surface area contributed by atoms with Crippen LogP contribution in [0.4, 0.5) is 13.6 Å². The van der Waals surface area contributed by atoms with Crippen molar-refractivity contribution in [3.05, 3.63) is 77.8 Å². The highest BCUT2D eigenvalue weighted by molar-refractivity contribution is 6.74. The molecule has 57 heavy (non-hydrogen) atoms. The molecule has 5 rings (SSSR count). The topological polar surface area (TPSA) is 123 Å². The number of benzene rings is 2. The molecule has 11 nitrogen and oxygen atoms in total. The Morgan fingerprint density at radius 3 is 2.26 bits per heavy atom. The zero-order chi connectivity index (χ0) is 42.0. The number of aromatic nitrogens is 2. The fourth-order valence-electron chi connectivity index (χ4n) is 8.21. The molecule has 2 fully saturated rings. The third kappa shape index (κ3) is 10.1. The molecule has 0 spiro atoms. The highest BCUT2D eigenvalue weighted by Gasteiger charge is 2.54. The predicted octanol–water partition coefficient (Wildman–Crippen LogP) is 8.54. The lowest BCUT2D eigenvalue weighted by Gasteiger charge is -2.45. The lowest BCUT2D eigenvalue weighted by Crippen LogP contribution is -2.54. The number of hydrogen-bond donors (Lipinski definition) is 1. The molecule has 1 N–H and O–H groups in total. The fraction of sp³-hybridized carbons (Fsp3) is 0.581. The fourth-order valence-corrected chi connectivity index (χ4v) is 9.57. The van der Waals surface area contributed by atoms with Gasteiger partial charge in [-0.15, -0.1) is 0 Å². The average Bonchev–Trinajstić information content (AvgIpc) is 3.70. The number of ether oxygens (including phenoxy) is 2. The molecule has 0 saturated carbocycles. The molecule has 0 aliphatic carbocycles. The number of carbonyl (C=O) groups is 3. The van der Waals surface area contributed by atoms with Gasteiger partial charge in [0, 0.05) is 63.5 Å². The largest absolute Gasteiger partial charge is 0.465 e. The zero-order valence-electron chi connectivity index (χ0n) is 35.1. The van der Waals surface area contributed by atoms with E-state index >= 15 is 9.18 Å². The van der Waals surface area contributed by atoms with Crippen LogP contribution in [0.3, 0.4) is 0 Å². The van der Waals surface area contributed by atoms with Crippen LogP contribution in [0, 0.1) is 28.9 Å². The van der Waals surface area contributed by atoms with E-state index in [0.29, 0.717) is 38.4 Å². The SMILES string of the molecule is CC(=O)O[C@@H](C)C(=O)N(C[C@@H]1C(C(C)(C)C)N(C(=O)O)C[C@H]1O[Si](C)(C)C(C)(C)C)[C@@H](c1nc(-c2cc(F)ccc2F)cn1Cc1ccccc1)C1CCOCC1. The van der Waals surface area contributed by atoms with Crippen LogP contribution in [0.15, 0.2) is 54.7 Å². The van der Waals surface area contributed by atoms with E-state index in [1.54, 1.807) is 11.1 Å². The van der Waals surface area contributed by atoms with E-state index in [4.69, 9.17) is 18.9 Å². The summed E-state index contributed by atoms with van der Waals surface area (Å²) in [7, 11) is -2.50. The standard InChI is InChI=1S/C43H60F2N4O7Si/c1-27(55-28(2)50)40(51)48(24-33-36(56-57(9,10)43(6,7)8)26-49(41(52)53)38(33)42(3,4)5)37(30-18-20-54-21-19-30)39-46-35(32-22-31(44)16-17-34(32)45)25-47(39)23-29-14-12-11-13-15-29/h11-17,22,25,27,30,33,36-38H,18-21,23-24,26H2,1-10H3,(H,52,53)/t27-,33-,36+,37+,38?/m0/s1. The van der Waals surface area contributed by atoms with Crippen molar-refractivity contribution in [2.75, 3.05) is 26.3 Å². The molecule has 2 aliphatic heterocycles. The number of halogens is 2. The van der Waals surface area contributed by atoms with E-state index in [2.05, 4.69) is 33.9 Å². The molecular weight excluding hydrogens is 751 g/mol. The Labute approximate surface area is 336 Å². The summed E-state index contributed by atoms with van der Waals surface area (Å²) in [6.45, 7) is 20.7. The second-order valence-electron chi connectivity index (χ2n) is 18.2. The molecule has 5 atom stereocenters. The van der Waals surface area contributed by atoms with Gasteiger partial charge in [-0.05, 0) is 73.0 Å². The molecular formula is C43H60F2N4O7Si. The molecule has 2 aromatic carbocycles. The van der Waals surface area contributed by atoms with Crippen molar-refractivity contribution >= 4 is 26.3 Å². The first kappa shape index (κ1) is 44.0. The number of esters is 1. The highest BCUT2D eigenvalue weighted by Crippen LogP contribution is 2.46. The highest BCUT2D eigenvalue weighted by atomic mass is 28.4. The molecule has 14 heteroatoms. The molecule has 2 aliphatic rings. The second-order valence-corrected chi connectivity index (χ2v) is 22.9. The van der Waals surface area contributed by atoms with Gasteiger partial charge in [0.2, 0.25) is 0 Å². The minimum atomic E-state index is -2.50. The van der Waals surface area contributed by atoms with Gasteiger partial charge in [0.25, 0.3) is 5.91 Å². The smallest absolute Gasteiger partial charge is 0.407 e. The van der Waals surface area contributed by atoms with Crippen LogP contribution >= 0.6 is 0 Å². The minimum Gasteiger partial charge on any atom is -0.465 e. The lowest BCUT2D eigenvalue weighted by atomic mass is 9.78. The summed E-state index contributed by atoms with van der Waals surface area (Å²) < 4.78 is 50.5. The van der Waals surface area contributed by atoms with Crippen LogP contribution in [-0.2, 0) is 30.0 Å². The third-order valence-corrected chi connectivity index (χ3v) is 16.4. The molecule has 1 unspecified atom stereocenters. The van der Waals surface area contributed by atoms with E-state index in [1.807, 2.05) is 55.7 Å². The number of likely N-dealkylation sites (tertiary alicyclic amines) is 1. The van der Waals surface area contributed by atoms with Crippen molar-refractivity contribution in [2.24, 2.45) is 17.3 Å². The summed E-state index contributed by atoms with van der Waals surface area (Å²) in [5, 5.41) is 10.5. The Kier molecular flexibility index (Phi) is 13.4. The molecule has 2 amide bonds. The summed E-state index contributed by atoms with van der Waals surface area (Å²) in [5.74, 6) is -2.68. The van der Waals surface area contributed by atoms with Gasteiger partial charge in [0.1, 0.15) is 17.5 Å². The first-order valence-corrected chi connectivity index (χ1v) is 22.8. The molecule has 2 saturated heterocycles. The quantitative estimate of drug-likeness (QED) is 0.143. The van der Waals surface area contributed by atoms with Gasteiger partial charge in [0.05, 0.1) is 17.8 Å². The van der Waals surface area contributed by atoms with Crippen LogP contribution in [-0.4, -0.2) is 95.3 Å². The maximum absolute atomic E-state index is 15.5. The maximum Gasteiger partial charge on any atom is 0.407 e. The number of carbonyl (C=O) groups excluding carboxylic acids is 2. The number of imidazole rings is 1. The summed E-state index contributed by atoms with van der Waals surface area (Å²) in [4.78, 5) is 48.7. The Balaban J connectivity index is 1.76. The normalized spacial score (nSPS) is 20.6. The Morgan fingerprint density at radius 2 is 1.68 bits per heavy atom. The van der Waals surface area contributed by atoms with Gasteiger partial charge in [0.15, 0.2) is 14.4 Å². The van der Waals surface area contributed by atoms with Gasteiger partial charge in [-0.25, -0.2) is 18.6 Å². The van der Waals surface area contributed by atoms with E-state index in [-0.39, 0.29) is 35.3 Å². The van der Waals surface area contributed by atoms with Crippen molar-refractivity contribution in [2.45, 2.75) is 117 Å². The number of carboxylic acid groups (broad SMARTS) is 1. The van der Waals surface area contributed by atoms with Gasteiger partial charge in [-0.1, -0.05) is 71.9 Å². The minimum absolute atomic E-state index is 0.0246. The number of amides is 2. The molecule has 3 aromatic rings. The Bertz CT molecular complexity index is 1890. The molecule has 0 bridgehead atoms. The summed E-state index contributed by atoms with van der Waals surface area (Å²) in [5.41, 5.74) is 0.513. The van der Waals surface area contributed by atoms with Crippen LogP contribution in [0.25, 0.3) is 11.3 Å². The summed E-state index contributed by atoms with van der Waals surface area (Å²) >= 11 is 0. The molecule has 3 heterocycles. The van der Waals surface area contributed by atoms with E-state index in [9.17, 15) is 19.1 Å².